The van der Waals surface area contributed by atoms with Crippen LogP contribution >= 0.6 is 0 Å². The molecule has 6 nitrogen and oxygen atoms in total. The number of nitro groups is 1. The molecule has 0 amide bonds. The SMILES string of the molecule is O=[N+]([O-])c1ccc2c(c1NCC(c1ccccc1)N1CCCC1)CCN2. The minimum atomic E-state index is -0.283. The Morgan fingerprint density at radius 2 is 1.92 bits per heavy atom. The Labute approximate surface area is 153 Å². The first-order chi connectivity index (χ1) is 12.7. The van der Waals surface area contributed by atoms with Crippen molar-refractivity contribution >= 4 is 17.1 Å². The van der Waals surface area contributed by atoms with Gasteiger partial charge in [-0.1, -0.05) is 30.3 Å². The third kappa shape index (κ3) is 3.24. The summed E-state index contributed by atoms with van der Waals surface area (Å²) in [5, 5.41) is 18.3. The minimum Gasteiger partial charge on any atom is -0.384 e. The lowest BCUT2D eigenvalue weighted by molar-refractivity contribution is -0.384. The highest BCUT2D eigenvalue weighted by Crippen LogP contribution is 2.37. The summed E-state index contributed by atoms with van der Waals surface area (Å²) in [7, 11) is 0. The van der Waals surface area contributed by atoms with Gasteiger partial charge in [-0.05, 0) is 44.0 Å². The molecule has 2 aliphatic heterocycles. The van der Waals surface area contributed by atoms with Crippen LogP contribution in [0, 0.1) is 10.1 Å². The molecule has 1 unspecified atom stereocenters. The van der Waals surface area contributed by atoms with Crippen molar-refractivity contribution < 1.29 is 4.92 Å². The molecular weight excluding hydrogens is 328 g/mol. The Morgan fingerprint density at radius 3 is 2.65 bits per heavy atom. The lowest BCUT2D eigenvalue weighted by Gasteiger charge is -2.29. The summed E-state index contributed by atoms with van der Waals surface area (Å²) in [5.41, 5.74) is 4.15. The second-order valence-electron chi connectivity index (χ2n) is 6.97. The van der Waals surface area contributed by atoms with Crippen LogP contribution in [0.3, 0.4) is 0 Å². The maximum atomic E-state index is 11.5. The first-order valence-electron chi connectivity index (χ1n) is 9.31. The number of nitro benzene ring substituents is 1. The van der Waals surface area contributed by atoms with Gasteiger partial charge in [-0.15, -0.1) is 0 Å². The topological polar surface area (TPSA) is 70.4 Å². The summed E-state index contributed by atoms with van der Waals surface area (Å²) in [6.07, 6.45) is 3.25. The first kappa shape index (κ1) is 16.8. The predicted octanol–water partition coefficient (Wildman–Crippen LogP) is 3.81. The van der Waals surface area contributed by atoms with E-state index in [1.165, 1.54) is 18.4 Å². The van der Waals surface area contributed by atoms with Crippen LogP contribution in [0.1, 0.15) is 30.0 Å². The Balaban J connectivity index is 1.62. The quantitative estimate of drug-likeness (QED) is 0.611. The third-order valence-electron chi connectivity index (χ3n) is 5.42. The predicted molar refractivity (Wildman–Crippen MR) is 104 cm³/mol. The molecule has 0 saturated carbocycles. The van der Waals surface area contributed by atoms with Crippen LogP contribution in [0.4, 0.5) is 17.1 Å². The van der Waals surface area contributed by atoms with E-state index in [0.717, 1.165) is 37.3 Å². The lowest BCUT2D eigenvalue weighted by atomic mass is 10.0. The van der Waals surface area contributed by atoms with Gasteiger partial charge in [0.1, 0.15) is 5.69 Å². The molecular formula is C20H24N4O2. The number of fused-ring (bicyclic) bond motifs is 1. The Kier molecular flexibility index (Phi) is 4.75. The fraction of sp³-hybridized carbons (Fsp3) is 0.400. The summed E-state index contributed by atoms with van der Waals surface area (Å²) in [5.74, 6) is 0. The van der Waals surface area contributed by atoms with Crippen molar-refractivity contribution in [2.24, 2.45) is 0 Å². The molecule has 1 fully saturated rings. The maximum Gasteiger partial charge on any atom is 0.292 e. The van der Waals surface area contributed by atoms with Gasteiger partial charge >= 0.3 is 0 Å². The smallest absolute Gasteiger partial charge is 0.292 e. The lowest BCUT2D eigenvalue weighted by Crippen LogP contribution is -2.31. The van der Waals surface area contributed by atoms with Crippen LogP contribution in [0.2, 0.25) is 0 Å². The van der Waals surface area contributed by atoms with Crippen molar-refractivity contribution in [1.82, 2.24) is 4.90 Å². The number of likely N-dealkylation sites (tertiary alicyclic amines) is 1. The molecule has 136 valence electrons. The minimum absolute atomic E-state index is 0.167. The van der Waals surface area contributed by atoms with E-state index in [-0.39, 0.29) is 16.7 Å². The maximum absolute atomic E-state index is 11.5. The fourth-order valence-electron chi connectivity index (χ4n) is 4.12. The second-order valence-corrected chi connectivity index (χ2v) is 6.97. The van der Waals surface area contributed by atoms with Gasteiger partial charge in [0, 0.05) is 30.4 Å². The molecule has 0 radical (unpaired) electrons. The molecule has 6 heteroatoms. The average molecular weight is 352 g/mol. The molecule has 26 heavy (non-hydrogen) atoms. The molecule has 4 rings (SSSR count). The molecule has 2 N–H and O–H groups in total. The molecule has 0 aliphatic carbocycles. The van der Waals surface area contributed by atoms with Crippen LogP contribution < -0.4 is 10.6 Å². The van der Waals surface area contributed by atoms with Gasteiger partial charge in [-0.2, -0.15) is 0 Å². The van der Waals surface area contributed by atoms with Gasteiger partial charge in [-0.3, -0.25) is 15.0 Å². The molecule has 2 heterocycles. The van der Waals surface area contributed by atoms with Gasteiger partial charge in [0.2, 0.25) is 0 Å². The van der Waals surface area contributed by atoms with Gasteiger partial charge in [0.25, 0.3) is 5.69 Å². The second kappa shape index (κ2) is 7.33. The number of rotatable bonds is 6. The highest BCUT2D eigenvalue weighted by Gasteiger charge is 2.27. The first-order valence-corrected chi connectivity index (χ1v) is 9.31. The monoisotopic (exact) mass is 352 g/mol. The van der Waals surface area contributed by atoms with Gasteiger partial charge in [-0.25, -0.2) is 0 Å². The van der Waals surface area contributed by atoms with E-state index in [1.54, 1.807) is 6.07 Å². The van der Waals surface area contributed by atoms with Crippen LogP contribution in [0.5, 0.6) is 0 Å². The molecule has 1 atom stereocenters. The van der Waals surface area contributed by atoms with Crippen LogP contribution in [-0.2, 0) is 6.42 Å². The Bertz CT molecular complexity index is 788. The zero-order valence-electron chi connectivity index (χ0n) is 14.8. The van der Waals surface area contributed by atoms with E-state index in [2.05, 4.69) is 39.8 Å². The van der Waals surface area contributed by atoms with Crippen molar-refractivity contribution in [3.05, 3.63) is 63.7 Å². The summed E-state index contributed by atoms with van der Waals surface area (Å²) in [6.45, 7) is 3.66. The number of hydrogen-bond acceptors (Lipinski definition) is 5. The standard InChI is InChI=1S/C20H24N4O2/c25-24(26)18-9-8-17-16(10-11-21-17)20(18)22-14-19(23-12-4-5-13-23)15-6-2-1-3-7-15/h1-3,6-9,19,21-22H,4-5,10-14H2. The number of benzene rings is 2. The van der Waals surface area contributed by atoms with Crippen molar-refractivity contribution in [2.75, 3.05) is 36.8 Å². The number of anilines is 2. The molecule has 2 aromatic rings. The van der Waals surface area contributed by atoms with Crippen molar-refractivity contribution in [3.63, 3.8) is 0 Å². The van der Waals surface area contributed by atoms with Gasteiger partial charge in [0.15, 0.2) is 0 Å². The fourth-order valence-corrected chi connectivity index (χ4v) is 4.12. The molecule has 0 bridgehead atoms. The Hall–Kier alpha value is -2.60. The number of hydrogen-bond donors (Lipinski definition) is 2. The van der Waals surface area contributed by atoms with Crippen molar-refractivity contribution in [2.45, 2.75) is 25.3 Å². The van der Waals surface area contributed by atoms with E-state index >= 15 is 0 Å². The van der Waals surface area contributed by atoms with E-state index < -0.39 is 0 Å². The summed E-state index contributed by atoms with van der Waals surface area (Å²) in [4.78, 5) is 13.7. The number of nitrogens with one attached hydrogen (secondary N) is 2. The van der Waals surface area contributed by atoms with E-state index in [1.807, 2.05) is 12.1 Å². The van der Waals surface area contributed by atoms with E-state index in [4.69, 9.17) is 0 Å². The van der Waals surface area contributed by atoms with Crippen LogP contribution in [0.15, 0.2) is 42.5 Å². The number of nitrogens with zero attached hydrogens (tertiary/aromatic N) is 2. The molecule has 2 aromatic carbocycles. The van der Waals surface area contributed by atoms with Crippen LogP contribution in [-0.4, -0.2) is 36.0 Å². The van der Waals surface area contributed by atoms with E-state index in [0.29, 0.717) is 12.2 Å². The Morgan fingerprint density at radius 1 is 1.15 bits per heavy atom. The normalized spacial score (nSPS) is 17.5. The zero-order chi connectivity index (χ0) is 17.9. The third-order valence-corrected chi connectivity index (χ3v) is 5.42. The molecule has 2 aliphatic rings. The molecule has 1 saturated heterocycles. The largest absolute Gasteiger partial charge is 0.384 e. The summed E-state index contributed by atoms with van der Waals surface area (Å²) in [6, 6.07) is 14.1. The highest BCUT2D eigenvalue weighted by molar-refractivity contribution is 5.77. The van der Waals surface area contributed by atoms with Crippen molar-refractivity contribution in [1.29, 1.82) is 0 Å². The summed E-state index contributed by atoms with van der Waals surface area (Å²) < 4.78 is 0. The highest BCUT2D eigenvalue weighted by atomic mass is 16.6. The molecule has 0 aromatic heterocycles. The van der Waals surface area contributed by atoms with Gasteiger partial charge < -0.3 is 10.6 Å². The summed E-state index contributed by atoms with van der Waals surface area (Å²) >= 11 is 0. The zero-order valence-corrected chi connectivity index (χ0v) is 14.8. The van der Waals surface area contributed by atoms with Crippen molar-refractivity contribution in [3.8, 4) is 0 Å². The van der Waals surface area contributed by atoms with Gasteiger partial charge in [0.05, 0.1) is 11.0 Å². The van der Waals surface area contributed by atoms with E-state index in [9.17, 15) is 10.1 Å². The van der Waals surface area contributed by atoms with Crippen LogP contribution in [0.25, 0.3) is 0 Å². The molecule has 0 spiro atoms. The average Bonchev–Trinajstić information content (AvgIpc) is 3.34.